The molecule has 6 heteroatoms. The lowest BCUT2D eigenvalue weighted by Gasteiger charge is -2.12. The summed E-state index contributed by atoms with van der Waals surface area (Å²) in [6.07, 6.45) is 3.66. The molecule has 1 amide bonds. The van der Waals surface area contributed by atoms with Gasteiger partial charge in [-0.05, 0) is 47.9 Å². The number of halogens is 1. The summed E-state index contributed by atoms with van der Waals surface area (Å²) in [5.74, 6) is 0.483. The Bertz CT molecular complexity index is 879. The summed E-state index contributed by atoms with van der Waals surface area (Å²) in [7, 11) is 0. The van der Waals surface area contributed by atoms with Crippen LogP contribution in [0.5, 0.6) is 5.75 Å². The zero-order valence-corrected chi connectivity index (χ0v) is 15.2. The minimum Gasteiger partial charge on any atom is -0.484 e. The van der Waals surface area contributed by atoms with E-state index in [-0.39, 0.29) is 12.5 Å². The number of aryl methyl sites for hydroxylation is 1. The molecule has 134 valence electrons. The van der Waals surface area contributed by atoms with Crippen LogP contribution in [0.1, 0.15) is 16.7 Å². The summed E-state index contributed by atoms with van der Waals surface area (Å²) in [5, 5.41) is 7.77. The topological polar surface area (TPSA) is 56.1 Å². The Morgan fingerprint density at radius 3 is 2.73 bits per heavy atom. The van der Waals surface area contributed by atoms with E-state index >= 15 is 0 Å². The number of hydrogen-bond donors (Lipinski definition) is 1. The van der Waals surface area contributed by atoms with Gasteiger partial charge < -0.3 is 10.1 Å². The van der Waals surface area contributed by atoms with Gasteiger partial charge in [0.15, 0.2) is 6.61 Å². The number of ether oxygens (including phenoxy) is 1. The standard InChI is InChI=1S/C20H20ClN3O2/c1-15-11-18(21)7-8-19(15)26-14-20(25)22-12-16-5-2-3-6-17(16)13-24-10-4-9-23-24/h2-11H,12-14H2,1H3,(H,22,25). The van der Waals surface area contributed by atoms with E-state index in [1.165, 1.54) is 0 Å². The van der Waals surface area contributed by atoms with Gasteiger partial charge in [-0.25, -0.2) is 0 Å². The Kier molecular flexibility index (Phi) is 5.92. The van der Waals surface area contributed by atoms with Crippen LogP contribution >= 0.6 is 11.6 Å². The molecular formula is C20H20ClN3O2. The average Bonchev–Trinajstić information content (AvgIpc) is 3.13. The number of aromatic nitrogens is 2. The summed E-state index contributed by atoms with van der Waals surface area (Å²) in [5.41, 5.74) is 3.07. The van der Waals surface area contributed by atoms with E-state index in [2.05, 4.69) is 10.4 Å². The number of rotatable bonds is 7. The Hall–Kier alpha value is -2.79. The predicted octanol–water partition coefficient (Wildman–Crippen LogP) is 3.59. The van der Waals surface area contributed by atoms with Gasteiger partial charge in [0.25, 0.3) is 5.91 Å². The molecule has 1 aromatic heterocycles. The molecule has 3 rings (SSSR count). The first-order chi connectivity index (χ1) is 12.6. The lowest BCUT2D eigenvalue weighted by molar-refractivity contribution is -0.123. The number of nitrogens with one attached hydrogen (secondary N) is 1. The van der Waals surface area contributed by atoms with Crippen LogP contribution in [-0.4, -0.2) is 22.3 Å². The van der Waals surface area contributed by atoms with E-state index in [4.69, 9.17) is 16.3 Å². The summed E-state index contributed by atoms with van der Waals surface area (Å²) in [6.45, 7) is 2.97. The molecule has 26 heavy (non-hydrogen) atoms. The third-order valence-electron chi connectivity index (χ3n) is 3.98. The maximum atomic E-state index is 12.1. The van der Waals surface area contributed by atoms with Gasteiger partial charge in [-0.3, -0.25) is 9.48 Å². The third kappa shape index (κ3) is 4.86. The fourth-order valence-electron chi connectivity index (χ4n) is 2.62. The Morgan fingerprint density at radius 2 is 2.00 bits per heavy atom. The van der Waals surface area contributed by atoms with E-state index in [1.807, 2.05) is 48.1 Å². The highest BCUT2D eigenvalue weighted by atomic mass is 35.5. The molecule has 0 spiro atoms. The minimum absolute atomic E-state index is 0.0379. The van der Waals surface area contributed by atoms with Crippen molar-refractivity contribution in [1.82, 2.24) is 15.1 Å². The van der Waals surface area contributed by atoms with E-state index in [1.54, 1.807) is 24.4 Å². The van der Waals surface area contributed by atoms with Crippen LogP contribution in [0.15, 0.2) is 60.9 Å². The fraction of sp³-hybridized carbons (Fsp3) is 0.200. The second-order valence-corrected chi connectivity index (χ2v) is 6.38. The zero-order chi connectivity index (χ0) is 18.4. The highest BCUT2D eigenvalue weighted by Gasteiger charge is 2.08. The lowest BCUT2D eigenvalue weighted by Crippen LogP contribution is -2.29. The van der Waals surface area contributed by atoms with Crippen LogP contribution in [0.25, 0.3) is 0 Å². The maximum Gasteiger partial charge on any atom is 0.258 e. The molecule has 0 bridgehead atoms. The molecule has 0 aliphatic rings. The molecule has 5 nitrogen and oxygen atoms in total. The highest BCUT2D eigenvalue weighted by molar-refractivity contribution is 6.30. The number of carbonyl (C=O) groups is 1. The van der Waals surface area contributed by atoms with Gasteiger partial charge in [-0.1, -0.05) is 35.9 Å². The first-order valence-electron chi connectivity index (χ1n) is 8.31. The molecule has 0 saturated heterocycles. The average molecular weight is 370 g/mol. The summed E-state index contributed by atoms with van der Waals surface area (Å²) in [6, 6.07) is 15.2. The van der Waals surface area contributed by atoms with Crippen LogP contribution in [0.2, 0.25) is 5.02 Å². The van der Waals surface area contributed by atoms with Gasteiger partial charge in [-0.2, -0.15) is 5.10 Å². The second-order valence-electron chi connectivity index (χ2n) is 5.95. The van der Waals surface area contributed by atoms with Gasteiger partial charge in [-0.15, -0.1) is 0 Å². The molecule has 0 aliphatic heterocycles. The quantitative estimate of drug-likeness (QED) is 0.692. The van der Waals surface area contributed by atoms with Crippen molar-refractivity contribution in [2.75, 3.05) is 6.61 Å². The van der Waals surface area contributed by atoms with Crippen LogP contribution in [0.3, 0.4) is 0 Å². The van der Waals surface area contributed by atoms with Crippen LogP contribution < -0.4 is 10.1 Å². The monoisotopic (exact) mass is 369 g/mol. The van der Waals surface area contributed by atoms with E-state index < -0.39 is 0 Å². The van der Waals surface area contributed by atoms with Gasteiger partial charge >= 0.3 is 0 Å². The Labute approximate surface area is 157 Å². The van der Waals surface area contributed by atoms with Crippen LogP contribution in [-0.2, 0) is 17.9 Å². The first-order valence-corrected chi connectivity index (χ1v) is 8.69. The number of benzene rings is 2. The van der Waals surface area contributed by atoms with Crippen molar-refractivity contribution >= 4 is 17.5 Å². The van der Waals surface area contributed by atoms with Crippen molar-refractivity contribution < 1.29 is 9.53 Å². The molecule has 0 radical (unpaired) electrons. The molecule has 0 unspecified atom stereocenters. The van der Waals surface area contributed by atoms with Crippen molar-refractivity contribution in [1.29, 1.82) is 0 Å². The Balaban J connectivity index is 1.54. The van der Waals surface area contributed by atoms with Crippen molar-refractivity contribution in [2.24, 2.45) is 0 Å². The molecule has 2 aromatic carbocycles. The van der Waals surface area contributed by atoms with Crippen molar-refractivity contribution in [2.45, 2.75) is 20.0 Å². The zero-order valence-electron chi connectivity index (χ0n) is 14.5. The van der Waals surface area contributed by atoms with E-state index in [0.717, 1.165) is 16.7 Å². The molecule has 0 fully saturated rings. The van der Waals surface area contributed by atoms with Crippen LogP contribution in [0.4, 0.5) is 0 Å². The van der Waals surface area contributed by atoms with Gasteiger partial charge in [0.2, 0.25) is 0 Å². The molecule has 0 saturated carbocycles. The van der Waals surface area contributed by atoms with Gasteiger partial charge in [0.05, 0.1) is 6.54 Å². The fourth-order valence-corrected chi connectivity index (χ4v) is 2.84. The molecule has 0 aliphatic carbocycles. The first kappa shape index (κ1) is 18.0. The highest BCUT2D eigenvalue weighted by Crippen LogP contribution is 2.21. The molecule has 1 N–H and O–H groups in total. The SMILES string of the molecule is Cc1cc(Cl)ccc1OCC(=O)NCc1ccccc1Cn1cccn1. The van der Waals surface area contributed by atoms with Crippen molar-refractivity contribution in [3.63, 3.8) is 0 Å². The minimum atomic E-state index is -0.173. The third-order valence-corrected chi connectivity index (χ3v) is 4.22. The van der Waals surface area contributed by atoms with Gasteiger partial charge in [0.1, 0.15) is 5.75 Å². The number of hydrogen-bond acceptors (Lipinski definition) is 3. The molecule has 3 aromatic rings. The second kappa shape index (κ2) is 8.54. The lowest BCUT2D eigenvalue weighted by atomic mass is 10.1. The smallest absolute Gasteiger partial charge is 0.258 e. The summed E-state index contributed by atoms with van der Waals surface area (Å²) in [4.78, 5) is 12.1. The number of nitrogens with zero attached hydrogens (tertiary/aromatic N) is 2. The number of amides is 1. The normalized spacial score (nSPS) is 10.5. The van der Waals surface area contributed by atoms with Gasteiger partial charge in [0, 0.05) is 24.0 Å². The van der Waals surface area contributed by atoms with E-state index in [9.17, 15) is 4.79 Å². The predicted molar refractivity (Wildman–Crippen MR) is 101 cm³/mol. The maximum absolute atomic E-state index is 12.1. The molecular weight excluding hydrogens is 350 g/mol. The van der Waals surface area contributed by atoms with Crippen molar-refractivity contribution in [3.8, 4) is 5.75 Å². The molecule has 1 heterocycles. The van der Waals surface area contributed by atoms with E-state index in [0.29, 0.717) is 23.9 Å². The summed E-state index contributed by atoms with van der Waals surface area (Å²) >= 11 is 5.92. The summed E-state index contributed by atoms with van der Waals surface area (Å²) < 4.78 is 7.43. The van der Waals surface area contributed by atoms with Crippen LogP contribution in [0, 0.1) is 6.92 Å². The molecule has 0 atom stereocenters. The largest absolute Gasteiger partial charge is 0.484 e. The number of carbonyl (C=O) groups excluding carboxylic acids is 1. The van der Waals surface area contributed by atoms with Crippen molar-refractivity contribution in [3.05, 3.63) is 82.6 Å². The Morgan fingerprint density at radius 1 is 1.19 bits per heavy atom.